The minimum atomic E-state index is -0.215. The fraction of sp³-hybridized carbons (Fsp3) is 0.105. The molecule has 7 heteroatoms. The average molecular weight is 381 g/mol. The van der Waals surface area contributed by atoms with Crippen molar-refractivity contribution in [2.24, 2.45) is 0 Å². The predicted octanol–water partition coefficient (Wildman–Crippen LogP) is 4.50. The molecule has 3 aromatic rings. The molecule has 1 aliphatic heterocycles. The molecule has 2 aromatic carbocycles. The molecule has 0 saturated heterocycles. The van der Waals surface area contributed by atoms with Gasteiger partial charge in [-0.2, -0.15) is 0 Å². The number of anilines is 2. The van der Waals surface area contributed by atoms with Crippen LogP contribution in [-0.2, 0) is 4.79 Å². The molecule has 130 valence electrons. The Bertz CT molecular complexity index is 969. The molecular weight excluding hydrogens is 366 g/mol. The standard InChI is InChI=1S/C19H15N3O2S2/c1-11-17(23)22-15-10-13(4-7-16(15)26-11)18(24)21-14-5-2-12(3-6-14)19-20-8-9-25-19/h2-11H,1H3,(H,21,24)(H,22,23). The number of carbonyl (C=O) groups is 2. The first-order valence-electron chi connectivity index (χ1n) is 8.03. The summed E-state index contributed by atoms with van der Waals surface area (Å²) in [6.07, 6.45) is 1.77. The Morgan fingerprint density at radius 3 is 2.73 bits per heavy atom. The predicted molar refractivity (Wildman–Crippen MR) is 106 cm³/mol. The number of thiazole rings is 1. The average Bonchev–Trinajstić information content (AvgIpc) is 3.17. The molecule has 2 N–H and O–H groups in total. The topological polar surface area (TPSA) is 71.1 Å². The van der Waals surface area contributed by atoms with Gasteiger partial charge in [0.05, 0.1) is 10.9 Å². The highest BCUT2D eigenvalue weighted by Gasteiger charge is 2.23. The zero-order chi connectivity index (χ0) is 18.1. The van der Waals surface area contributed by atoms with Gasteiger partial charge in [-0.15, -0.1) is 23.1 Å². The van der Waals surface area contributed by atoms with Gasteiger partial charge in [0.25, 0.3) is 5.91 Å². The van der Waals surface area contributed by atoms with Crippen molar-refractivity contribution in [1.29, 1.82) is 0 Å². The molecule has 2 heterocycles. The van der Waals surface area contributed by atoms with Gasteiger partial charge in [-0.3, -0.25) is 9.59 Å². The molecule has 0 fully saturated rings. The number of nitrogens with zero attached hydrogens (tertiary/aromatic N) is 1. The maximum Gasteiger partial charge on any atom is 0.255 e. The minimum absolute atomic E-state index is 0.0437. The van der Waals surface area contributed by atoms with Crippen molar-refractivity contribution < 1.29 is 9.59 Å². The molecule has 1 aliphatic rings. The van der Waals surface area contributed by atoms with E-state index in [0.717, 1.165) is 15.5 Å². The minimum Gasteiger partial charge on any atom is -0.324 e. The number of amides is 2. The summed E-state index contributed by atoms with van der Waals surface area (Å²) in [6.45, 7) is 1.86. The molecule has 1 unspecified atom stereocenters. The van der Waals surface area contributed by atoms with Crippen LogP contribution < -0.4 is 10.6 Å². The van der Waals surface area contributed by atoms with Crippen LogP contribution in [0.5, 0.6) is 0 Å². The van der Waals surface area contributed by atoms with E-state index in [1.807, 2.05) is 42.6 Å². The van der Waals surface area contributed by atoms with Gasteiger partial charge in [0.1, 0.15) is 5.01 Å². The highest BCUT2D eigenvalue weighted by atomic mass is 32.2. The normalized spacial score (nSPS) is 15.9. The summed E-state index contributed by atoms with van der Waals surface area (Å²) >= 11 is 3.07. The zero-order valence-electron chi connectivity index (χ0n) is 13.9. The second kappa shape index (κ2) is 6.93. The second-order valence-electron chi connectivity index (χ2n) is 5.83. The Kier molecular flexibility index (Phi) is 4.48. The molecule has 0 saturated carbocycles. The summed E-state index contributed by atoms with van der Waals surface area (Å²) in [4.78, 5) is 29.6. The first-order valence-corrected chi connectivity index (χ1v) is 9.79. The third-order valence-corrected chi connectivity index (χ3v) is 5.99. The molecule has 0 radical (unpaired) electrons. The van der Waals surface area contributed by atoms with E-state index in [2.05, 4.69) is 15.6 Å². The third-order valence-electron chi connectivity index (χ3n) is 3.99. The molecule has 26 heavy (non-hydrogen) atoms. The van der Waals surface area contributed by atoms with Gasteiger partial charge >= 0.3 is 0 Å². The number of nitrogens with one attached hydrogen (secondary N) is 2. The monoisotopic (exact) mass is 381 g/mol. The SMILES string of the molecule is CC1Sc2ccc(C(=O)Nc3ccc(-c4nccs4)cc3)cc2NC1=O. The maximum absolute atomic E-state index is 12.5. The number of hydrogen-bond acceptors (Lipinski definition) is 5. The highest BCUT2D eigenvalue weighted by Crippen LogP contribution is 2.36. The summed E-state index contributed by atoms with van der Waals surface area (Å²) in [7, 11) is 0. The number of rotatable bonds is 3. The third kappa shape index (κ3) is 3.36. The molecule has 1 atom stereocenters. The van der Waals surface area contributed by atoms with E-state index in [1.165, 1.54) is 11.8 Å². The molecule has 4 rings (SSSR count). The van der Waals surface area contributed by atoms with Gasteiger partial charge in [0.15, 0.2) is 0 Å². The van der Waals surface area contributed by atoms with Crippen LogP contribution in [0.25, 0.3) is 10.6 Å². The van der Waals surface area contributed by atoms with E-state index in [0.29, 0.717) is 16.9 Å². The summed E-state index contributed by atoms with van der Waals surface area (Å²) in [5, 5.41) is 8.48. The molecular formula is C19H15N3O2S2. The number of carbonyl (C=O) groups excluding carboxylic acids is 2. The number of aromatic nitrogens is 1. The second-order valence-corrected chi connectivity index (χ2v) is 8.11. The number of thioether (sulfide) groups is 1. The largest absolute Gasteiger partial charge is 0.324 e. The van der Waals surface area contributed by atoms with Gasteiger partial charge in [-0.05, 0) is 49.4 Å². The molecule has 5 nitrogen and oxygen atoms in total. The van der Waals surface area contributed by atoms with Crippen LogP contribution in [0.3, 0.4) is 0 Å². The summed E-state index contributed by atoms with van der Waals surface area (Å²) in [6, 6.07) is 12.9. The zero-order valence-corrected chi connectivity index (χ0v) is 15.5. The van der Waals surface area contributed by atoms with Gasteiger partial charge < -0.3 is 10.6 Å². The van der Waals surface area contributed by atoms with Crippen molar-refractivity contribution in [1.82, 2.24) is 4.98 Å². The molecule has 1 aromatic heterocycles. The lowest BCUT2D eigenvalue weighted by Crippen LogP contribution is -2.26. The van der Waals surface area contributed by atoms with Gasteiger partial charge in [0, 0.05) is 33.3 Å². The number of fused-ring (bicyclic) bond motifs is 1. The number of hydrogen-bond donors (Lipinski definition) is 2. The Balaban J connectivity index is 1.50. The Morgan fingerprint density at radius 2 is 2.00 bits per heavy atom. The first kappa shape index (κ1) is 16.8. The highest BCUT2D eigenvalue weighted by molar-refractivity contribution is 8.00. The molecule has 0 bridgehead atoms. The Morgan fingerprint density at radius 1 is 1.19 bits per heavy atom. The van der Waals surface area contributed by atoms with Crippen molar-refractivity contribution in [3.63, 3.8) is 0 Å². The Labute approximate surface area is 158 Å². The summed E-state index contributed by atoms with van der Waals surface area (Å²) in [5.41, 5.74) is 2.91. The van der Waals surface area contributed by atoms with Crippen molar-refractivity contribution in [3.8, 4) is 10.6 Å². The van der Waals surface area contributed by atoms with Crippen LogP contribution in [0.15, 0.2) is 58.9 Å². The smallest absolute Gasteiger partial charge is 0.255 e. The van der Waals surface area contributed by atoms with E-state index >= 15 is 0 Å². The fourth-order valence-electron chi connectivity index (χ4n) is 2.62. The maximum atomic E-state index is 12.5. The van der Waals surface area contributed by atoms with E-state index in [-0.39, 0.29) is 17.1 Å². The van der Waals surface area contributed by atoms with Crippen LogP contribution in [0.1, 0.15) is 17.3 Å². The lowest BCUT2D eigenvalue weighted by molar-refractivity contribution is -0.115. The van der Waals surface area contributed by atoms with Crippen LogP contribution in [0.4, 0.5) is 11.4 Å². The summed E-state index contributed by atoms with van der Waals surface area (Å²) < 4.78 is 0. The van der Waals surface area contributed by atoms with E-state index in [1.54, 1.807) is 29.7 Å². The fourth-order valence-corrected chi connectivity index (χ4v) is 4.19. The summed E-state index contributed by atoms with van der Waals surface area (Å²) in [5.74, 6) is -0.259. The molecule has 0 aliphatic carbocycles. The van der Waals surface area contributed by atoms with Crippen LogP contribution >= 0.6 is 23.1 Å². The van der Waals surface area contributed by atoms with E-state index < -0.39 is 0 Å². The first-order chi connectivity index (χ1) is 12.6. The van der Waals surface area contributed by atoms with Gasteiger partial charge in [-0.1, -0.05) is 0 Å². The van der Waals surface area contributed by atoms with Crippen molar-refractivity contribution in [2.45, 2.75) is 17.1 Å². The Hall–Kier alpha value is -2.64. The lowest BCUT2D eigenvalue weighted by atomic mass is 10.1. The van der Waals surface area contributed by atoms with Crippen LogP contribution in [0.2, 0.25) is 0 Å². The van der Waals surface area contributed by atoms with Crippen molar-refractivity contribution in [2.75, 3.05) is 10.6 Å². The quantitative estimate of drug-likeness (QED) is 0.701. The van der Waals surface area contributed by atoms with Gasteiger partial charge in [0.2, 0.25) is 5.91 Å². The van der Waals surface area contributed by atoms with Gasteiger partial charge in [-0.25, -0.2) is 4.98 Å². The molecule has 2 amide bonds. The van der Waals surface area contributed by atoms with E-state index in [4.69, 9.17) is 0 Å². The van der Waals surface area contributed by atoms with E-state index in [9.17, 15) is 9.59 Å². The van der Waals surface area contributed by atoms with Crippen LogP contribution in [0, 0.1) is 0 Å². The lowest BCUT2D eigenvalue weighted by Gasteiger charge is -2.21. The number of benzene rings is 2. The van der Waals surface area contributed by atoms with Crippen LogP contribution in [-0.4, -0.2) is 22.0 Å². The van der Waals surface area contributed by atoms with Crippen molar-refractivity contribution >= 4 is 46.3 Å². The van der Waals surface area contributed by atoms with Crippen molar-refractivity contribution in [3.05, 3.63) is 59.6 Å². The molecule has 0 spiro atoms.